The SMILES string of the molecule is CCCCCN(C)S(=O)(=O)c1cc(Br)cnc1NCC. The van der Waals surface area contributed by atoms with Gasteiger partial charge >= 0.3 is 0 Å². The number of sulfonamides is 1. The van der Waals surface area contributed by atoms with Gasteiger partial charge in [-0.1, -0.05) is 19.8 Å². The molecule has 0 atom stereocenters. The lowest BCUT2D eigenvalue weighted by Gasteiger charge is -2.19. The van der Waals surface area contributed by atoms with Crippen molar-refractivity contribution in [3.05, 3.63) is 16.7 Å². The molecule has 1 rings (SSSR count). The Morgan fingerprint density at radius 1 is 1.35 bits per heavy atom. The van der Waals surface area contributed by atoms with Gasteiger partial charge in [-0.2, -0.15) is 0 Å². The third-order valence-corrected chi connectivity index (χ3v) is 5.23. The maximum atomic E-state index is 12.6. The number of halogens is 1. The molecule has 0 saturated carbocycles. The standard InChI is InChI=1S/C13H22BrN3O2S/c1-4-6-7-8-17(3)20(18,19)12-9-11(14)10-16-13(12)15-5-2/h9-10H,4-8H2,1-3H3,(H,15,16). The first-order valence-electron chi connectivity index (χ1n) is 6.79. The van der Waals surface area contributed by atoms with E-state index in [-0.39, 0.29) is 4.90 Å². The van der Waals surface area contributed by atoms with E-state index in [1.807, 2.05) is 6.92 Å². The molecule has 0 aliphatic rings. The van der Waals surface area contributed by atoms with Gasteiger partial charge in [0.2, 0.25) is 10.0 Å². The van der Waals surface area contributed by atoms with E-state index in [9.17, 15) is 8.42 Å². The number of nitrogens with one attached hydrogen (secondary N) is 1. The molecule has 0 saturated heterocycles. The molecule has 114 valence electrons. The molecule has 0 unspecified atom stereocenters. The number of anilines is 1. The zero-order valence-corrected chi connectivity index (χ0v) is 14.6. The van der Waals surface area contributed by atoms with Gasteiger partial charge < -0.3 is 5.32 Å². The van der Waals surface area contributed by atoms with Crippen molar-refractivity contribution in [3.63, 3.8) is 0 Å². The third kappa shape index (κ3) is 4.43. The lowest BCUT2D eigenvalue weighted by Crippen LogP contribution is -2.29. The summed E-state index contributed by atoms with van der Waals surface area (Å²) >= 11 is 3.28. The van der Waals surface area contributed by atoms with Gasteiger partial charge in [-0.25, -0.2) is 17.7 Å². The van der Waals surface area contributed by atoms with Crippen molar-refractivity contribution >= 4 is 31.8 Å². The first-order valence-corrected chi connectivity index (χ1v) is 9.02. The van der Waals surface area contributed by atoms with Crippen molar-refractivity contribution in [2.24, 2.45) is 0 Å². The van der Waals surface area contributed by atoms with Crippen LogP contribution in [0.3, 0.4) is 0 Å². The number of aromatic nitrogens is 1. The summed E-state index contributed by atoms with van der Waals surface area (Å²) in [5.41, 5.74) is 0. The lowest BCUT2D eigenvalue weighted by atomic mass is 10.2. The Morgan fingerprint density at radius 3 is 2.65 bits per heavy atom. The highest BCUT2D eigenvalue weighted by atomic mass is 79.9. The molecule has 0 spiro atoms. The van der Waals surface area contributed by atoms with Gasteiger partial charge in [0.15, 0.2) is 0 Å². The molecule has 1 aromatic heterocycles. The fourth-order valence-electron chi connectivity index (χ4n) is 1.79. The summed E-state index contributed by atoms with van der Waals surface area (Å²) in [4.78, 5) is 4.36. The van der Waals surface area contributed by atoms with Crippen LogP contribution in [0, 0.1) is 0 Å². The number of hydrogen-bond acceptors (Lipinski definition) is 4. The lowest BCUT2D eigenvalue weighted by molar-refractivity contribution is 0.454. The Morgan fingerprint density at radius 2 is 2.05 bits per heavy atom. The average molecular weight is 364 g/mol. The highest BCUT2D eigenvalue weighted by Gasteiger charge is 2.24. The van der Waals surface area contributed by atoms with Gasteiger partial charge in [0, 0.05) is 30.8 Å². The molecule has 1 N–H and O–H groups in total. The molecule has 1 aromatic rings. The summed E-state index contributed by atoms with van der Waals surface area (Å²) in [6.45, 7) is 5.14. The van der Waals surface area contributed by atoms with Crippen LogP contribution in [0.25, 0.3) is 0 Å². The molecule has 1 heterocycles. The third-order valence-electron chi connectivity index (χ3n) is 2.93. The van der Waals surface area contributed by atoms with Crippen molar-refractivity contribution in [2.75, 3.05) is 25.5 Å². The van der Waals surface area contributed by atoms with E-state index in [0.717, 1.165) is 19.3 Å². The van der Waals surface area contributed by atoms with Crippen LogP contribution in [-0.4, -0.2) is 37.8 Å². The van der Waals surface area contributed by atoms with Gasteiger partial charge in [0.1, 0.15) is 10.7 Å². The minimum atomic E-state index is -3.52. The average Bonchev–Trinajstić information content (AvgIpc) is 2.41. The van der Waals surface area contributed by atoms with Crippen LogP contribution in [0.15, 0.2) is 21.6 Å². The highest BCUT2D eigenvalue weighted by molar-refractivity contribution is 9.10. The van der Waals surface area contributed by atoms with Gasteiger partial charge in [-0.3, -0.25) is 0 Å². The first kappa shape index (κ1) is 17.4. The van der Waals surface area contributed by atoms with Crippen LogP contribution in [0.1, 0.15) is 33.1 Å². The zero-order chi connectivity index (χ0) is 15.2. The maximum absolute atomic E-state index is 12.6. The van der Waals surface area contributed by atoms with Crippen molar-refractivity contribution in [3.8, 4) is 0 Å². The molecule has 5 nitrogen and oxygen atoms in total. The predicted molar refractivity (Wildman–Crippen MR) is 85.4 cm³/mol. The number of hydrogen-bond donors (Lipinski definition) is 1. The summed E-state index contributed by atoms with van der Waals surface area (Å²) in [5, 5.41) is 2.99. The Bertz CT molecular complexity index is 534. The molecule has 0 radical (unpaired) electrons. The molecule has 20 heavy (non-hydrogen) atoms. The Kier molecular flexibility index (Phi) is 6.91. The fraction of sp³-hybridized carbons (Fsp3) is 0.615. The van der Waals surface area contributed by atoms with Gasteiger partial charge in [-0.15, -0.1) is 0 Å². The van der Waals surface area contributed by atoms with Crippen molar-refractivity contribution < 1.29 is 8.42 Å². The van der Waals surface area contributed by atoms with Crippen LogP contribution in [0.2, 0.25) is 0 Å². The van der Waals surface area contributed by atoms with Gasteiger partial charge in [0.25, 0.3) is 0 Å². The second kappa shape index (κ2) is 7.95. The number of pyridine rings is 1. The van der Waals surface area contributed by atoms with E-state index in [0.29, 0.717) is 23.4 Å². The molecule has 0 fully saturated rings. The van der Waals surface area contributed by atoms with E-state index in [1.54, 1.807) is 19.3 Å². The molecule has 0 aromatic carbocycles. The topological polar surface area (TPSA) is 62.3 Å². The Hall–Kier alpha value is -0.660. The molecular formula is C13H22BrN3O2S. The van der Waals surface area contributed by atoms with Crippen molar-refractivity contribution in [1.29, 1.82) is 0 Å². The van der Waals surface area contributed by atoms with Gasteiger partial charge in [-0.05, 0) is 35.3 Å². The number of unbranched alkanes of at least 4 members (excludes halogenated alkanes) is 2. The zero-order valence-electron chi connectivity index (χ0n) is 12.2. The minimum Gasteiger partial charge on any atom is -0.369 e. The van der Waals surface area contributed by atoms with E-state index >= 15 is 0 Å². The molecular weight excluding hydrogens is 342 g/mol. The van der Waals surface area contributed by atoms with E-state index in [1.165, 1.54) is 4.31 Å². The normalized spacial score (nSPS) is 11.8. The Balaban J connectivity index is 3.04. The quantitative estimate of drug-likeness (QED) is 0.720. The summed E-state index contributed by atoms with van der Waals surface area (Å²) in [6, 6.07) is 1.59. The first-order chi connectivity index (χ1) is 9.43. The highest BCUT2D eigenvalue weighted by Crippen LogP contribution is 2.25. The number of rotatable bonds is 8. The minimum absolute atomic E-state index is 0.215. The summed E-state index contributed by atoms with van der Waals surface area (Å²) < 4.78 is 27.2. The fourth-order valence-corrected chi connectivity index (χ4v) is 3.62. The van der Waals surface area contributed by atoms with Crippen molar-refractivity contribution in [2.45, 2.75) is 38.0 Å². The second-order valence-electron chi connectivity index (χ2n) is 4.56. The van der Waals surface area contributed by atoms with Crippen LogP contribution < -0.4 is 5.32 Å². The van der Waals surface area contributed by atoms with Crippen LogP contribution in [0.5, 0.6) is 0 Å². The summed E-state index contributed by atoms with van der Waals surface area (Å²) in [6.07, 6.45) is 4.55. The monoisotopic (exact) mass is 363 g/mol. The molecule has 0 amide bonds. The van der Waals surface area contributed by atoms with E-state index in [4.69, 9.17) is 0 Å². The molecule has 0 aliphatic carbocycles. The Labute approximate surface area is 130 Å². The number of nitrogens with zero attached hydrogens (tertiary/aromatic N) is 2. The molecule has 7 heteroatoms. The van der Waals surface area contributed by atoms with Crippen LogP contribution in [-0.2, 0) is 10.0 Å². The smallest absolute Gasteiger partial charge is 0.246 e. The molecule has 0 aliphatic heterocycles. The van der Waals surface area contributed by atoms with E-state index < -0.39 is 10.0 Å². The van der Waals surface area contributed by atoms with Crippen LogP contribution >= 0.6 is 15.9 Å². The molecule has 0 bridgehead atoms. The second-order valence-corrected chi connectivity index (χ2v) is 7.49. The summed E-state index contributed by atoms with van der Waals surface area (Å²) in [7, 11) is -1.90. The van der Waals surface area contributed by atoms with Crippen LogP contribution in [0.4, 0.5) is 5.82 Å². The predicted octanol–water partition coefficient (Wildman–Crippen LogP) is 3.09. The van der Waals surface area contributed by atoms with E-state index in [2.05, 4.69) is 33.2 Å². The van der Waals surface area contributed by atoms with Crippen molar-refractivity contribution in [1.82, 2.24) is 9.29 Å². The van der Waals surface area contributed by atoms with Gasteiger partial charge in [0.05, 0.1) is 0 Å². The maximum Gasteiger partial charge on any atom is 0.246 e. The summed E-state index contributed by atoms with van der Waals surface area (Å²) in [5.74, 6) is 0.401. The largest absolute Gasteiger partial charge is 0.369 e.